The van der Waals surface area contributed by atoms with Crippen LogP contribution in [0.2, 0.25) is 0 Å². The molecule has 0 saturated carbocycles. The summed E-state index contributed by atoms with van der Waals surface area (Å²) in [4.78, 5) is 14.9. The Morgan fingerprint density at radius 3 is 1.27 bits per heavy atom. The van der Waals surface area contributed by atoms with E-state index in [1.165, 1.54) is 0 Å². The van der Waals surface area contributed by atoms with Gasteiger partial charge in [-0.15, -0.1) is 0 Å². The predicted octanol–water partition coefficient (Wildman–Crippen LogP) is 8.97. The van der Waals surface area contributed by atoms with Crippen LogP contribution in [0, 0.1) is 0 Å². The molecule has 5 aromatic carbocycles. The van der Waals surface area contributed by atoms with Crippen molar-refractivity contribution in [1.82, 2.24) is 15.0 Å². The largest absolute Gasteiger partial charge is 0.208 e. The van der Waals surface area contributed by atoms with E-state index in [4.69, 9.17) is 15.0 Å². The van der Waals surface area contributed by atoms with Crippen molar-refractivity contribution in [3.8, 4) is 56.4 Å². The molecule has 0 saturated heterocycles. The zero-order valence-corrected chi connectivity index (χ0v) is 21.5. The highest BCUT2D eigenvalue weighted by atomic mass is 79.9. The molecule has 4 heteroatoms. The number of hydrogen-bond acceptors (Lipinski definition) is 3. The lowest BCUT2D eigenvalue weighted by atomic mass is 9.94. The summed E-state index contributed by atoms with van der Waals surface area (Å²) in [7, 11) is 0. The molecule has 6 rings (SSSR count). The molecule has 0 aliphatic carbocycles. The highest BCUT2D eigenvalue weighted by molar-refractivity contribution is 9.10. The minimum absolute atomic E-state index is 0.623. The molecule has 0 atom stereocenters. The highest BCUT2D eigenvalue weighted by Crippen LogP contribution is 2.40. The quantitative estimate of drug-likeness (QED) is 0.219. The van der Waals surface area contributed by atoms with Crippen molar-refractivity contribution in [3.05, 3.63) is 138 Å². The fourth-order valence-corrected chi connectivity index (χ4v) is 5.03. The molecule has 1 heterocycles. The predicted molar refractivity (Wildman–Crippen MR) is 155 cm³/mol. The Labute approximate surface area is 224 Å². The maximum absolute atomic E-state index is 5.00. The maximum atomic E-state index is 5.00. The van der Waals surface area contributed by atoms with Gasteiger partial charge in [0.25, 0.3) is 0 Å². The first-order chi connectivity index (χ1) is 18.3. The number of benzene rings is 5. The summed E-state index contributed by atoms with van der Waals surface area (Å²) in [5.74, 6) is 1.91. The summed E-state index contributed by atoms with van der Waals surface area (Å²) in [6.45, 7) is 0. The van der Waals surface area contributed by atoms with Gasteiger partial charge < -0.3 is 0 Å². The van der Waals surface area contributed by atoms with Crippen LogP contribution >= 0.6 is 15.9 Å². The lowest BCUT2D eigenvalue weighted by Crippen LogP contribution is -2.02. The molecule has 6 aromatic rings. The number of nitrogens with zero attached hydrogens (tertiary/aromatic N) is 3. The third-order valence-electron chi connectivity index (χ3n) is 6.21. The molecule has 0 N–H and O–H groups in total. The summed E-state index contributed by atoms with van der Waals surface area (Å²) in [6.07, 6.45) is 0. The van der Waals surface area contributed by atoms with Crippen molar-refractivity contribution >= 4 is 15.9 Å². The van der Waals surface area contributed by atoms with Gasteiger partial charge in [0.05, 0.1) is 0 Å². The van der Waals surface area contributed by atoms with Gasteiger partial charge in [0.15, 0.2) is 17.5 Å². The molecule has 0 bridgehead atoms. The molecule has 176 valence electrons. The lowest BCUT2D eigenvalue weighted by Gasteiger charge is -2.16. The molecule has 3 nitrogen and oxygen atoms in total. The number of rotatable bonds is 5. The zero-order chi connectivity index (χ0) is 25.0. The second-order valence-electron chi connectivity index (χ2n) is 8.65. The van der Waals surface area contributed by atoms with Gasteiger partial charge >= 0.3 is 0 Å². The van der Waals surface area contributed by atoms with Crippen molar-refractivity contribution in [2.24, 2.45) is 0 Å². The highest BCUT2D eigenvalue weighted by Gasteiger charge is 2.19. The minimum atomic E-state index is 0.623. The van der Waals surface area contributed by atoms with E-state index in [0.29, 0.717) is 17.5 Å². The Kier molecular flexibility index (Phi) is 6.40. The van der Waals surface area contributed by atoms with Crippen LogP contribution in [0.1, 0.15) is 0 Å². The van der Waals surface area contributed by atoms with Crippen LogP contribution in [0.3, 0.4) is 0 Å². The second-order valence-corrected chi connectivity index (χ2v) is 9.51. The number of hydrogen-bond donors (Lipinski definition) is 0. The molecule has 1 aromatic heterocycles. The first-order valence-electron chi connectivity index (χ1n) is 12.1. The number of halogens is 1. The van der Waals surface area contributed by atoms with E-state index >= 15 is 0 Å². The Morgan fingerprint density at radius 1 is 0.378 bits per heavy atom. The van der Waals surface area contributed by atoms with Crippen LogP contribution in [-0.2, 0) is 0 Å². The molecular formula is C33H22BrN3. The van der Waals surface area contributed by atoms with Crippen LogP contribution in [0.25, 0.3) is 56.4 Å². The monoisotopic (exact) mass is 539 g/mol. The van der Waals surface area contributed by atoms with Crippen LogP contribution in [0.4, 0.5) is 0 Å². The molecule has 0 fully saturated rings. The normalized spacial score (nSPS) is 10.8. The molecule has 0 aliphatic heterocycles. The summed E-state index contributed by atoms with van der Waals surface area (Å²) < 4.78 is 0.928. The van der Waals surface area contributed by atoms with E-state index in [-0.39, 0.29) is 0 Å². The maximum Gasteiger partial charge on any atom is 0.165 e. The standard InChI is InChI=1S/C33H22BrN3/c34-29-22-27(23-13-5-1-6-14-23)21-28(24-15-7-2-8-16-24)30(29)33-36-31(25-17-9-3-10-18-25)35-32(37-33)26-19-11-4-12-20-26/h1-22H. The first-order valence-corrected chi connectivity index (χ1v) is 12.9. The smallest absolute Gasteiger partial charge is 0.165 e. The lowest BCUT2D eigenvalue weighted by molar-refractivity contribution is 1.07. The summed E-state index contributed by atoms with van der Waals surface area (Å²) in [6, 6.07) is 45.3. The first kappa shape index (κ1) is 23.0. The van der Waals surface area contributed by atoms with E-state index in [1.807, 2.05) is 72.8 Å². The average molecular weight is 540 g/mol. The van der Waals surface area contributed by atoms with Crippen LogP contribution in [0.15, 0.2) is 138 Å². The topological polar surface area (TPSA) is 38.7 Å². The molecule has 0 spiro atoms. The van der Waals surface area contributed by atoms with Gasteiger partial charge in [-0.2, -0.15) is 0 Å². The third-order valence-corrected chi connectivity index (χ3v) is 6.83. The van der Waals surface area contributed by atoms with E-state index in [9.17, 15) is 0 Å². The van der Waals surface area contributed by atoms with Gasteiger partial charge in [-0.3, -0.25) is 0 Å². The molecule has 0 radical (unpaired) electrons. The third kappa shape index (κ3) is 4.84. The number of aromatic nitrogens is 3. The molecule has 0 aliphatic rings. The van der Waals surface area contributed by atoms with Crippen molar-refractivity contribution in [1.29, 1.82) is 0 Å². The van der Waals surface area contributed by atoms with Crippen LogP contribution in [-0.4, -0.2) is 15.0 Å². The average Bonchev–Trinajstić information content (AvgIpc) is 2.98. The van der Waals surface area contributed by atoms with Gasteiger partial charge in [0.1, 0.15) is 0 Å². The van der Waals surface area contributed by atoms with Crippen molar-refractivity contribution < 1.29 is 0 Å². The Balaban J connectivity index is 1.62. The van der Waals surface area contributed by atoms with E-state index < -0.39 is 0 Å². The van der Waals surface area contributed by atoms with E-state index in [1.54, 1.807) is 0 Å². The Bertz CT molecular complexity index is 1600. The summed E-state index contributed by atoms with van der Waals surface area (Å²) >= 11 is 3.89. The summed E-state index contributed by atoms with van der Waals surface area (Å²) in [5, 5.41) is 0. The molecule has 0 unspecified atom stereocenters. The van der Waals surface area contributed by atoms with Gasteiger partial charge in [-0.05, 0) is 50.3 Å². The van der Waals surface area contributed by atoms with Crippen LogP contribution in [0.5, 0.6) is 0 Å². The van der Waals surface area contributed by atoms with Crippen molar-refractivity contribution in [3.63, 3.8) is 0 Å². The molecule has 0 amide bonds. The van der Waals surface area contributed by atoms with Gasteiger partial charge in [-0.25, -0.2) is 15.0 Å². The van der Waals surface area contributed by atoms with Crippen LogP contribution < -0.4 is 0 Å². The fraction of sp³-hybridized carbons (Fsp3) is 0. The molecule has 37 heavy (non-hydrogen) atoms. The van der Waals surface area contributed by atoms with Crippen molar-refractivity contribution in [2.45, 2.75) is 0 Å². The Hall–Kier alpha value is -4.41. The zero-order valence-electron chi connectivity index (χ0n) is 19.9. The Morgan fingerprint density at radius 2 is 0.784 bits per heavy atom. The second kappa shape index (κ2) is 10.3. The van der Waals surface area contributed by atoms with E-state index in [2.05, 4.69) is 76.6 Å². The van der Waals surface area contributed by atoms with Crippen molar-refractivity contribution in [2.75, 3.05) is 0 Å². The van der Waals surface area contributed by atoms with E-state index in [0.717, 1.165) is 43.4 Å². The van der Waals surface area contributed by atoms with Gasteiger partial charge in [-0.1, -0.05) is 121 Å². The summed E-state index contributed by atoms with van der Waals surface area (Å²) in [5.41, 5.74) is 7.25. The van der Waals surface area contributed by atoms with Gasteiger partial charge in [0, 0.05) is 21.2 Å². The minimum Gasteiger partial charge on any atom is -0.208 e. The molecular weight excluding hydrogens is 518 g/mol. The fourth-order valence-electron chi connectivity index (χ4n) is 4.40. The van der Waals surface area contributed by atoms with Gasteiger partial charge in [0.2, 0.25) is 0 Å². The SMILES string of the molecule is Brc1cc(-c2ccccc2)cc(-c2ccccc2)c1-c1nc(-c2ccccc2)nc(-c2ccccc2)n1.